The zero-order chi connectivity index (χ0) is 19.9. The van der Waals surface area contributed by atoms with E-state index in [4.69, 9.17) is 4.74 Å². The highest BCUT2D eigenvalue weighted by Crippen LogP contribution is 2.36. The van der Waals surface area contributed by atoms with Gasteiger partial charge in [0.1, 0.15) is 0 Å². The zero-order valence-electron chi connectivity index (χ0n) is 16.7. The third-order valence-corrected chi connectivity index (χ3v) is 5.61. The number of carbonyl (C=O) groups is 2. The number of aryl methyl sites for hydroxylation is 1. The van der Waals surface area contributed by atoms with Crippen LogP contribution in [0.3, 0.4) is 0 Å². The second-order valence-corrected chi connectivity index (χ2v) is 8.65. The highest BCUT2D eigenvalue weighted by molar-refractivity contribution is 6.00. The first-order valence-corrected chi connectivity index (χ1v) is 9.96. The first kappa shape index (κ1) is 18.9. The van der Waals surface area contributed by atoms with Gasteiger partial charge in [0.05, 0.1) is 28.7 Å². The molecule has 1 atom stereocenters. The number of carbonyl (C=O) groups excluding carboxylic acids is 2. The maximum absolute atomic E-state index is 12.6. The molecule has 1 amide bonds. The van der Waals surface area contributed by atoms with Gasteiger partial charge >= 0.3 is 0 Å². The summed E-state index contributed by atoms with van der Waals surface area (Å²) in [7, 11) is 0. The fraction of sp³-hybridized carbons (Fsp3) is 0.500. The second kappa shape index (κ2) is 7.17. The van der Waals surface area contributed by atoms with E-state index in [0.29, 0.717) is 18.5 Å². The van der Waals surface area contributed by atoms with Crippen LogP contribution in [-0.2, 0) is 11.2 Å². The van der Waals surface area contributed by atoms with Gasteiger partial charge in [-0.15, -0.1) is 0 Å². The van der Waals surface area contributed by atoms with E-state index in [9.17, 15) is 9.59 Å². The van der Waals surface area contributed by atoms with Gasteiger partial charge in [-0.25, -0.2) is 4.68 Å². The van der Waals surface area contributed by atoms with E-state index in [1.165, 1.54) is 0 Å². The molecule has 0 bridgehead atoms. The number of rotatable bonds is 4. The molecule has 1 aliphatic heterocycles. The molecule has 4 rings (SSSR count). The molecule has 0 spiro atoms. The summed E-state index contributed by atoms with van der Waals surface area (Å²) in [6.07, 6.45) is 3.54. The molecule has 2 aliphatic rings. The van der Waals surface area contributed by atoms with Gasteiger partial charge in [-0.3, -0.25) is 9.59 Å². The summed E-state index contributed by atoms with van der Waals surface area (Å²) in [6.45, 7) is 7.44. The van der Waals surface area contributed by atoms with Crippen LogP contribution in [0, 0.1) is 12.3 Å². The summed E-state index contributed by atoms with van der Waals surface area (Å²) in [6, 6.07) is 7.39. The van der Waals surface area contributed by atoms with Crippen LogP contribution in [0.25, 0.3) is 5.69 Å². The summed E-state index contributed by atoms with van der Waals surface area (Å²) in [5.41, 5.74) is 3.90. The van der Waals surface area contributed by atoms with Crippen molar-refractivity contribution in [3.8, 4) is 5.69 Å². The molecule has 6 nitrogen and oxygen atoms in total. The minimum absolute atomic E-state index is 0.0730. The molecule has 6 heteroatoms. The highest BCUT2D eigenvalue weighted by atomic mass is 16.5. The van der Waals surface area contributed by atoms with Gasteiger partial charge < -0.3 is 10.1 Å². The van der Waals surface area contributed by atoms with Gasteiger partial charge in [0, 0.05) is 25.1 Å². The lowest BCUT2D eigenvalue weighted by molar-refractivity contribution is 0.0857. The number of hydrogen-bond donors (Lipinski definition) is 1. The van der Waals surface area contributed by atoms with Crippen LogP contribution in [0.1, 0.15) is 65.2 Å². The van der Waals surface area contributed by atoms with Crippen LogP contribution < -0.4 is 5.32 Å². The Bertz CT molecular complexity index is 906. The molecule has 0 saturated carbocycles. The summed E-state index contributed by atoms with van der Waals surface area (Å²) < 4.78 is 7.40. The van der Waals surface area contributed by atoms with Crippen molar-refractivity contribution in [1.82, 2.24) is 15.1 Å². The Kier molecular flexibility index (Phi) is 4.83. The lowest BCUT2D eigenvalue weighted by atomic mass is 9.75. The number of ketones is 1. The number of fused-ring (bicyclic) bond motifs is 1. The van der Waals surface area contributed by atoms with Crippen LogP contribution in [-0.4, -0.2) is 40.7 Å². The summed E-state index contributed by atoms with van der Waals surface area (Å²) in [5.74, 6) is 0.0668. The van der Waals surface area contributed by atoms with Gasteiger partial charge in [-0.2, -0.15) is 5.10 Å². The van der Waals surface area contributed by atoms with E-state index < -0.39 is 0 Å². The smallest absolute Gasteiger partial charge is 0.251 e. The third kappa shape index (κ3) is 3.61. The Morgan fingerprint density at radius 1 is 1.29 bits per heavy atom. The van der Waals surface area contributed by atoms with E-state index >= 15 is 0 Å². The normalized spacial score (nSPS) is 20.8. The number of ether oxygens (including phenoxy) is 1. The van der Waals surface area contributed by atoms with Crippen LogP contribution in [0.2, 0.25) is 0 Å². The lowest BCUT2D eigenvalue weighted by Crippen LogP contribution is -2.31. The standard InChI is InChI=1S/C22H27N3O3/c1-14-20-18(11-22(2,3)12-19(20)26)25(24-14)16-8-6-15(7-9-16)21(27)23-13-17-5-4-10-28-17/h6-9,17H,4-5,10-13H2,1-3H3,(H,23,27). The number of amides is 1. The monoisotopic (exact) mass is 381 g/mol. The average Bonchev–Trinajstić information content (AvgIpc) is 3.27. The van der Waals surface area contributed by atoms with Crippen molar-refractivity contribution in [2.75, 3.05) is 13.2 Å². The van der Waals surface area contributed by atoms with Crippen LogP contribution in [0.5, 0.6) is 0 Å². The lowest BCUT2D eigenvalue weighted by Gasteiger charge is -2.29. The Morgan fingerprint density at radius 3 is 2.71 bits per heavy atom. The minimum Gasteiger partial charge on any atom is -0.376 e. The maximum atomic E-state index is 12.6. The molecule has 2 aromatic rings. The number of Topliss-reactive ketones (excluding diaryl/α,β-unsaturated/α-hetero) is 1. The summed E-state index contributed by atoms with van der Waals surface area (Å²) in [5, 5.41) is 7.56. The predicted molar refractivity (Wildman–Crippen MR) is 106 cm³/mol. The summed E-state index contributed by atoms with van der Waals surface area (Å²) >= 11 is 0. The highest BCUT2D eigenvalue weighted by Gasteiger charge is 2.35. The number of nitrogens with zero attached hydrogens (tertiary/aromatic N) is 2. The average molecular weight is 381 g/mol. The van der Waals surface area contributed by atoms with Gasteiger partial charge in [-0.1, -0.05) is 13.8 Å². The first-order chi connectivity index (χ1) is 13.3. The molecule has 1 aromatic heterocycles. The molecular formula is C22H27N3O3. The van der Waals surface area contributed by atoms with E-state index in [1.807, 2.05) is 23.7 Å². The Labute approximate surface area is 165 Å². The quantitative estimate of drug-likeness (QED) is 0.882. The summed E-state index contributed by atoms with van der Waals surface area (Å²) in [4.78, 5) is 25.0. The van der Waals surface area contributed by atoms with E-state index in [1.54, 1.807) is 12.1 Å². The molecule has 1 fully saturated rings. The van der Waals surface area contributed by atoms with Crippen LogP contribution >= 0.6 is 0 Å². The molecular weight excluding hydrogens is 354 g/mol. The van der Waals surface area contributed by atoms with Gasteiger partial charge in [0.25, 0.3) is 5.91 Å². The second-order valence-electron chi connectivity index (χ2n) is 8.65. The molecule has 1 aromatic carbocycles. The topological polar surface area (TPSA) is 73.2 Å². The molecule has 1 N–H and O–H groups in total. The number of aromatic nitrogens is 2. The van der Waals surface area contributed by atoms with E-state index in [-0.39, 0.29) is 23.2 Å². The first-order valence-electron chi connectivity index (χ1n) is 9.96. The van der Waals surface area contributed by atoms with Crippen molar-refractivity contribution in [2.45, 2.75) is 52.6 Å². The Hall–Kier alpha value is -2.47. The van der Waals surface area contributed by atoms with Gasteiger partial charge in [0.2, 0.25) is 0 Å². The van der Waals surface area contributed by atoms with Crippen molar-refractivity contribution < 1.29 is 14.3 Å². The van der Waals surface area contributed by atoms with E-state index in [2.05, 4.69) is 24.3 Å². The minimum atomic E-state index is -0.1000. The van der Waals surface area contributed by atoms with Crippen LogP contribution in [0.4, 0.5) is 0 Å². The largest absolute Gasteiger partial charge is 0.376 e. The molecule has 1 saturated heterocycles. The SMILES string of the molecule is Cc1nn(-c2ccc(C(=O)NCC3CCCO3)cc2)c2c1C(=O)CC(C)(C)C2. The van der Waals surface area contributed by atoms with Crippen molar-refractivity contribution in [1.29, 1.82) is 0 Å². The zero-order valence-corrected chi connectivity index (χ0v) is 16.7. The van der Waals surface area contributed by atoms with Crippen molar-refractivity contribution in [3.05, 3.63) is 46.8 Å². The molecule has 28 heavy (non-hydrogen) atoms. The molecule has 2 heterocycles. The van der Waals surface area contributed by atoms with Crippen molar-refractivity contribution in [3.63, 3.8) is 0 Å². The van der Waals surface area contributed by atoms with Crippen molar-refractivity contribution in [2.24, 2.45) is 5.41 Å². The van der Waals surface area contributed by atoms with Crippen molar-refractivity contribution >= 4 is 11.7 Å². The third-order valence-electron chi connectivity index (χ3n) is 5.61. The number of benzene rings is 1. The number of hydrogen-bond acceptors (Lipinski definition) is 4. The van der Waals surface area contributed by atoms with Gasteiger partial charge in [0.15, 0.2) is 5.78 Å². The Morgan fingerprint density at radius 2 is 2.04 bits per heavy atom. The molecule has 1 unspecified atom stereocenters. The molecule has 1 aliphatic carbocycles. The fourth-order valence-corrected chi connectivity index (χ4v) is 4.22. The fourth-order valence-electron chi connectivity index (χ4n) is 4.22. The maximum Gasteiger partial charge on any atom is 0.251 e. The van der Waals surface area contributed by atoms with Crippen LogP contribution in [0.15, 0.2) is 24.3 Å². The number of nitrogens with one attached hydrogen (secondary N) is 1. The Balaban J connectivity index is 1.54. The molecule has 0 radical (unpaired) electrons. The van der Waals surface area contributed by atoms with E-state index in [0.717, 1.165) is 48.5 Å². The predicted octanol–water partition coefficient (Wildman–Crippen LogP) is 3.24. The molecule has 148 valence electrons. The van der Waals surface area contributed by atoms with Gasteiger partial charge in [-0.05, 0) is 55.9 Å².